The highest BCUT2D eigenvalue weighted by molar-refractivity contribution is 5.98. The maximum Gasteiger partial charge on any atom is 0.308 e. The lowest BCUT2D eigenvalue weighted by molar-refractivity contribution is -0.385. The Labute approximate surface area is 125 Å². The number of likely N-dealkylation sites (tertiary alicyclic amines) is 1. The molecule has 0 bridgehead atoms. The van der Waals surface area contributed by atoms with Crippen molar-refractivity contribution in [1.82, 2.24) is 4.90 Å². The summed E-state index contributed by atoms with van der Waals surface area (Å²) in [6, 6.07) is 2.06. The fourth-order valence-electron chi connectivity index (χ4n) is 2.75. The van der Waals surface area contributed by atoms with E-state index in [2.05, 4.69) is 0 Å². The normalized spacial score (nSPS) is 21.5. The molecule has 2 rings (SSSR count). The summed E-state index contributed by atoms with van der Waals surface area (Å²) >= 11 is 0. The molecule has 0 radical (unpaired) electrons. The monoisotopic (exact) mass is 310 g/mol. The van der Waals surface area contributed by atoms with Crippen LogP contribution in [0.4, 0.5) is 10.1 Å². The van der Waals surface area contributed by atoms with E-state index in [-0.39, 0.29) is 12.1 Å². The highest BCUT2D eigenvalue weighted by Gasteiger charge is 2.37. The highest BCUT2D eigenvalue weighted by Crippen LogP contribution is 2.28. The molecule has 1 fully saturated rings. The molecule has 1 aromatic rings. The standard InChI is InChI=1S/C14H15FN2O5/c1-8-10(14(19)20)3-2-6-16(8)13(18)11-7-9(15)4-5-12(11)17(21)22/h4-5,7-8,10H,2-3,6H2,1H3,(H,19,20)/t8-,10-/m1/s1. The number of piperidine rings is 1. The van der Waals surface area contributed by atoms with E-state index < -0.39 is 40.3 Å². The van der Waals surface area contributed by atoms with E-state index in [9.17, 15) is 24.1 Å². The molecule has 1 saturated heterocycles. The third-order valence-electron chi connectivity index (χ3n) is 3.95. The fourth-order valence-corrected chi connectivity index (χ4v) is 2.75. The van der Waals surface area contributed by atoms with Gasteiger partial charge in [0, 0.05) is 18.7 Å². The van der Waals surface area contributed by atoms with Gasteiger partial charge in [-0.1, -0.05) is 0 Å². The number of nitro benzene ring substituents is 1. The Morgan fingerprint density at radius 2 is 2.14 bits per heavy atom. The molecule has 0 aromatic heterocycles. The molecule has 1 aromatic carbocycles. The van der Waals surface area contributed by atoms with Crippen LogP contribution in [0.5, 0.6) is 0 Å². The van der Waals surface area contributed by atoms with Gasteiger partial charge in [-0.05, 0) is 31.9 Å². The van der Waals surface area contributed by atoms with Crippen molar-refractivity contribution in [2.45, 2.75) is 25.8 Å². The SMILES string of the molecule is C[C@@H]1[C@H](C(=O)O)CCCN1C(=O)c1cc(F)ccc1[N+](=O)[O-]. The van der Waals surface area contributed by atoms with Gasteiger partial charge in [0.1, 0.15) is 11.4 Å². The molecule has 22 heavy (non-hydrogen) atoms. The van der Waals surface area contributed by atoms with Crippen LogP contribution in [-0.2, 0) is 4.79 Å². The molecular weight excluding hydrogens is 295 g/mol. The maximum absolute atomic E-state index is 13.4. The number of hydrogen-bond acceptors (Lipinski definition) is 4. The van der Waals surface area contributed by atoms with Crippen molar-refractivity contribution in [3.05, 3.63) is 39.7 Å². The molecule has 0 unspecified atom stereocenters. The van der Waals surface area contributed by atoms with E-state index in [1.54, 1.807) is 6.92 Å². The highest BCUT2D eigenvalue weighted by atomic mass is 19.1. The summed E-state index contributed by atoms with van der Waals surface area (Å²) in [6.07, 6.45) is 0.918. The topological polar surface area (TPSA) is 101 Å². The average Bonchev–Trinajstić information content (AvgIpc) is 2.46. The van der Waals surface area contributed by atoms with Gasteiger partial charge in [0.05, 0.1) is 10.8 Å². The molecule has 0 aliphatic carbocycles. The molecule has 0 saturated carbocycles. The van der Waals surface area contributed by atoms with Gasteiger partial charge in [-0.25, -0.2) is 4.39 Å². The van der Waals surface area contributed by atoms with Gasteiger partial charge < -0.3 is 10.0 Å². The number of nitro groups is 1. The summed E-state index contributed by atoms with van der Waals surface area (Å²) in [7, 11) is 0. The Kier molecular flexibility index (Phi) is 4.39. The van der Waals surface area contributed by atoms with Crippen LogP contribution in [-0.4, -0.2) is 39.4 Å². The quantitative estimate of drug-likeness (QED) is 0.680. The zero-order chi connectivity index (χ0) is 16.4. The van der Waals surface area contributed by atoms with Crippen molar-refractivity contribution in [3.8, 4) is 0 Å². The van der Waals surface area contributed by atoms with Gasteiger partial charge in [0.15, 0.2) is 0 Å². The van der Waals surface area contributed by atoms with Crippen LogP contribution >= 0.6 is 0 Å². The second-order valence-electron chi connectivity index (χ2n) is 5.24. The first kappa shape index (κ1) is 15.9. The van der Waals surface area contributed by atoms with Gasteiger partial charge in [0.25, 0.3) is 11.6 Å². The van der Waals surface area contributed by atoms with Gasteiger partial charge in [-0.15, -0.1) is 0 Å². The van der Waals surface area contributed by atoms with Crippen molar-refractivity contribution >= 4 is 17.6 Å². The predicted molar refractivity (Wildman–Crippen MR) is 73.9 cm³/mol. The summed E-state index contributed by atoms with van der Waals surface area (Å²) in [5.74, 6) is -3.22. The molecule has 7 nitrogen and oxygen atoms in total. The minimum absolute atomic E-state index is 0.289. The van der Waals surface area contributed by atoms with Crippen molar-refractivity contribution in [2.75, 3.05) is 6.54 Å². The maximum atomic E-state index is 13.4. The van der Waals surface area contributed by atoms with Crippen molar-refractivity contribution in [2.24, 2.45) is 5.92 Å². The summed E-state index contributed by atoms with van der Waals surface area (Å²) in [5.41, 5.74) is -0.848. The Morgan fingerprint density at radius 1 is 1.45 bits per heavy atom. The summed E-state index contributed by atoms with van der Waals surface area (Å²) in [6.45, 7) is 1.87. The third kappa shape index (κ3) is 2.90. The average molecular weight is 310 g/mol. The summed E-state index contributed by atoms with van der Waals surface area (Å²) in [5, 5.41) is 20.2. The van der Waals surface area contributed by atoms with Gasteiger partial charge in [-0.3, -0.25) is 19.7 Å². The van der Waals surface area contributed by atoms with Gasteiger partial charge in [-0.2, -0.15) is 0 Å². The van der Waals surface area contributed by atoms with E-state index >= 15 is 0 Å². The second-order valence-corrected chi connectivity index (χ2v) is 5.24. The molecule has 1 amide bonds. The fraction of sp³-hybridized carbons (Fsp3) is 0.429. The first-order chi connectivity index (χ1) is 10.3. The van der Waals surface area contributed by atoms with E-state index in [1.165, 1.54) is 4.90 Å². The van der Waals surface area contributed by atoms with Crippen LogP contribution in [0.25, 0.3) is 0 Å². The molecule has 1 N–H and O–H groups in total. The molecule has 1 heterocycles. The van der Waals surface area contributed by atoms with Crippen molar-refractivity contribution < 1.29 is 24.0 Å². The number of carboxylic acids is 1. The molecule has 118 valence electrons. The number of aliphatic carboxylic acids is 1. The van der Waals surface area contributed by atoms with Crippen LogP contribution in [0.15, 0.2) is 18.2 Å². The number of amides is 1. The van der Waals surface area contributed by atoms with Crippen molar-refractivity contribution in [3.63, 3.8) is 0 Å². The number of rotatable bonds is 3. The number of benzene rings is 1. The van der Waals surface area contributed by atoms with E-state index in [0.717, 1.165) is 18.2 Å². The minimum Gasteiger partial charge on any atom is -0.481 e. The van der Waals surface area contributed by atoms with Crippen LogP contribution in [0.1, 0.15) is 30.1 Å². The van der Waals surface area contributed by atoms with Gasteiger partial charge >= 0.3 is 5.97 Å². The first-order valence-corrected chi connectivity index (χ1v) is 6.80. The Hall–Kier alpha value is -2.51. The lowest BCUT2D eigenvalue weighted by atomic mass is 9.89. The predicted octanol–water partition coefficient (Wildman–Crippen LogP) is 2.06. The molecule has 2 atom stereocenters. The smallest absolute Gasteiger partial charge is 0.308 e. The van der Waals surface area contributed by atoms with Gasteiger partial charge in [0.2, 0.25) is 0 Å². The number of carbonyl (C=O) groups excluding carboxylic acids is 1. The molecule has 1 aliphatic rings. The molecular formula is C14H15FN2O5. The Morgan fingerprint density at radius 3 is 2.73 bits per heavy atom. The molecule has 0 spiro atoms. The van der Waals surface area contributed by atoms with Crippen LogP contribution in [0.3, 0.4) is 0 Å². The lowest BCUT2D eigenvalue weighted by Gasteiger charge is -2.37. The zero-order valence-corrected chi connectivity index (χ0v) is 11.9. The van der Waals surface area contributed by atoms with Crippen LogP contribution in [0, 0.1) is 21.8 Å². The second kappa shape index (κ2) is 6.08. The minimum atomic E-state index is -1.02. The number of carbonyl (C=O) groups is 2. The Bertz CT molecular complexity index is 634. The van der Waals surface area contributed by atoms with Crippen LogP contribution in [0.2, 0.25) is 0 Å². The van der Waals surface area contributed by atoms with E-state index in [4.69, 9.17) is 5.11 Å². The zero-order valence-electron chi connectivity index (χ0n) is 11.9. The number of halogens is 1. The summed E-state index contributed by atoms with van der Waals surface area (Å²) in [4.78, 5) is 35.2. The largest absolute Gasteiger partial charge is 0.481 e. The summed E-state index contributed by atoms with van der Waals surface area (Å²) < 4.78 is 13.4. The first-order valence-electron chi connectivity index (χ1n) is 6.80. The number of nitrogens with zero attached hydrogens (tertiary/aromatic N) is 2. The van der Waals surface area contributed by atoms with Crippen LogP contribution < -0.4 is 0 Å². The van der Waals surface area contributed by atoms with E-state index in [0.29, 0.717) is 12.8 Å². The molecule has 1 aliphatic heterocycles. The molecule has 8 heteroatoms. The third-order valence-corrected chi connectivity index (χ3v) is 3.95. The van der Waals surface area contributed by atoms with Crippen molar-refractivity contribution in [1.29, 1.82) is 0 Å². The van der Waals surface area contributed by atoms with E-state index in [1.807, 2.05) is 0 Å². The Balaban J connectivity index is 2.37. The number of hydrogen-bond donors (Lipinski definition) is 1. The lowest BCUT2D eigenvalue weighted by Crippen LogP contribution is -2.49. The number of carboxylic acid groups (broad SMARTS) is 1.